The highest BCUT2D eigenvalue weighted by Gasteiger charge is 2.32. The third kappa shape index (κ3) is 5.76. The Bertz CT molecular complexity index is 1470. The first-order valence-corrected chi connectivity index (χ1v) is 13.8. The zero-order valence-corrected chi connectivity index (χ0v) is 23.4. The number of allylic oxidation sites excluding steroid dienone is 2. The van der Waals surface area contributed by atoms with E-state index in [9.17, 15) is 4.79 Å². The first-order chi connectivity index (χ1) is 17.9. The van der Waals surface area contributed by atoms with Crippen molar-refractivity contribution in [3.63, 3.8) is 0 Å². The van der Waals surface area contributed by atoms with Gasteiger partial charge in [0.05, 0.1) is 0 Å². The molecule has 1 aromatic heterocycles. The third-order valence-electron chi connectivity index (χ3n) is 6.04. The van der Waals surface area contributed by atoms with Crippen molar-refractivity contribution in [2.24, 2.45) is 0 Å². The fourth-order valence-electron chi connectivity index (χ4n) is 4.21. The smallest absolute Gasteiger partial charge is 0.227 e. The minimum absolute atomic E-state index is 0.0167. The quantitative estimate of drug-likeness (QED) is 0.214. The van der Waals surface area contributed by atoms with E-state index in [1.165, 1.54) is 11.8 Å². The molecule has 1 aliphatic heterocycles. The van der Waals surface area contributed by atoms with E-state index in [1.807, 2.05) is 79.7 Å². The van der Waals surface area contributed by atoms with Crippen LogP contribution in [0.2, 0.25) is 5.02 Å². The molecule has 188 valence electrons. The van der Waals surface area contributed by atoms with Gasteiger partial charge in [-0.25, -0.2) is 4.68 Å². The number of halogens is 2. The van der Waals surface area contributed by atoms with Crippen molar-refractivity contribution in [1.29, 1.82) is 0 Å². The van der Waals surface area contributed by atoms with Crippen LogP contribution in [0.1, 0.15) is 36.6 Å². The highest BCUT2D eigenvalue weighted by molar-refractivity contribution is 9.10. The molecule has 1 aliphatic rings. The van der Waals surface area contributed by atoms with Crippen LogP contribution in [0.4, 0.5) is 5.95 Å². The van der Waals surface area contributed by atoms with Gasteiger partial charge in [-0.3, -0.25) is 4.79 Å². The minimum atomic E-state index is -0.392. The summed E-state index contributed by atoms with van der Waals surface area (Å²) in [6.07, 6.45) is 0. The van der Waals surface area contributed by atoms with Gasteiger partial charge in [-0.05, 0) is 60.9 Å². The van der Waals surface area contributed by atoms with E-state index in [2.05, 4.69) is 26.2 Å². The number of hydrogen-bond donors (Lipinski definition) is 1. The highest BCUT2D eigenvalue weighted by atomic mass is 79.9. The van der Waals surface area contributed by atoms with Gasteiger partial charge in [-0.1, -0.05) is 81.8 Å². The molecule has 0 saturated heterocycles. The number of benzene rings is 3. The lowest BCUT2D eigenvalue weighted by molar-refractivity contribution is -0.114. The average molecular weight is 596 g/mol. The van der Waals surface area contributed by atoms with Gasteiger partial charge in [-0.15, -0.1) is 5.10 Å². The van der Waals surface area contributed by atoms with E-state index in [0.29, 0.717) is 34.1 Å². The normalized spacial score (nSPS) is 14.8. The molecule has 0 amide bonds. The predicted octanol–water partition coefficient (Wildman–Crippen LogP) is 7.44. The summed E-state index contributed by atoms with van der Waals surface area (Å²) in [5.41, 5.74) is 4.45. The summed E-state index contributed by atoms with van der Waals surface area (Å²) < 4.78 is 8.79. The van der Waals surface area contributed by atoms with Crippen molar-refractivity contribution in [2.75, 3.05) is 5.32 Å². The average Bonchev–Trinajstić information content (AvgIpc) is 3.29. The number of fused-ring (bicyclic) bond motifs is 1. The summed E-state index contributed by atoms with van der Waals surface area (Å²) in [7, 11) is 0. The monoisotopic (exact) mass is 594 g/mol. The standard InChI is InChI=1S/C28H24BrClN4O2S/c1-17-25(18(2)35)26(20-9-13-23(14-10-20)36-15-19-7-11-22(29)12-8-19)34-27(31-17)32-28(33-34)37-16-21-5-3-4-6-24(21)30/h3-14,26H,15-16H2,1-2H3,(H,31,32,33). The maximum absolute atomic E-state index is 12.7. The van der Waals surface area contributed by atoms with E-state index in [-0.39, 0.29) is 5.78 Å². The largest absolute Gasteiger partial charge is 0.489 e. The van der Waals surface area contributed by atoms with Gasteiger partial charge < -0.3 is 10.1 Å². The number of nitrogens with one attached hydrogen (secondary N) is 1. The van der Waals surface area contributed by atoms with Crippen molar-refractivity contribution < 1.29 is 9.53 Å². The Labute approximate surface area is 233 Å². The van der Waals surface area contributed by atoms with E-state index < -0.39 is 6.04 Å². The van der Waals surface area contributed by atoms with Crippen LogP contribution in [-0.4, -0.2) is 20.5 Å². The Kier molecular flexibility index (Phi) is 7.69. The molecule has 6 nitrogen and oxygen atoms in total. The molecule has 2 heterocycles. The molecule has 37 heavy (non-hydrogen) atoms. The van der Waals surface area contributed by atoms with Gasteiger partial charge in [0.15, 0.2) is 5.78 Å². The van der Waals surface area contributed by atoms with Crippen LogP contribution in [0.15, 0.2) is 93.7 Å². The van der Waals surface area contributed by atoms with Crippen LogP contribution in [0, 0.1) is 0 Å². The minimum Gasteiger partial charge on any atom is -0.489 e. The molecule has 0 spiro atoms. The van der Waals surface area contributed by atoms with E-state index in [4.69, 9.17) is 21.4 Å². The van der Waals surface area contributed by atoms with Gasteiger partial charge in [0, 0.05) is 26.5 Å². The maximum atomic E-state index is 12.7. The number of Topliss-reactive ketones (excluding diaryl/α,β-unsaturated/α-hetero) is 1. The van der Waals surface area contributed by atoms with Gasteiger partial charge >= 0.3 is 0 Å². The van der Waals surface area contributed by atoms with Crippen LogP contribution >= 0.6 is 39.3 Å². The molecule has 1 unspecified atom stereocenters. The molecule has 9 heteroatoms. The fraction of sp³-hybridized carbons (Fsp3) is 0.179. The topological polar surface area (TPSA) is 69.0 Å². The first-order valence-electron chi connectivity index (χ1n) is 11.7. The number of ketones is 1. The molecule has 3 aromatic carbocycles. The summed E-state index contributed by atoms with van der Waals surface area (Å²) >= 11 is 11.3. The Morgan fingerprint density at radius 2 is 1.84 bits per heavy atom. The first kappa shape index (κ1) is 25.6. The third-order valence-corrected chi connectivity index (χ3v) is 7.83. The molecule has 0 bridgehead atoms. The lowest BCUT2D eigenvalue weighted by Crippen LogP contribution is -2.27. The zero-order valence-electron chi connectivity index (χ0n) is 20.2. The molecule has 0 saturated carbocycles. The van der Waals surface area contributed by atoms with Crippen molar-refractivity contribution in [1.82, 2.24) is 14.8 Å². The maximum Gasteiger partial charge on any atom is 0.227 e. The fourth-order valence-corrected chi connectivity index (χ4v) is 5.59. The van der Waals surface area contributed by atoms with Crippen molar-refractivity contribution in [2.45, 2.75) is 37.4 Å². The molecular weight excluding hydrogens is 572 g/mol. The number of carbonyl (C=O) groups is 1. The number of aromatic nitrogens is 3. The summed E-state index contributed by atoms with van der Waals surface area (Å²) in [4.78, 5) is 17.4. The van der Waals surface area contributed by atoms with Crippen molar-refractivity contribution in [3.05, 3.63) is 110 Å². The number of rotatable bonds is 8. The van der Waals surface area contributed by atoms with Crippen LogP contribution < -0.4 is 10.1 Å². The molecule has 0 aliphatic carbocycles. The number of carbonyl (C=O) groups excluding carboxylic acids is 1. The lowest BCUT2D eigenvalue weighted by Gasteiger charge is -2.28. The van der Waals surface area contributed by atoms with Gasteiger partial charge in [0.25, 0.3) is 0 Å². The van der Waals surface area contributed by atoms with Crippen molar-refractivity contribution >= 4 is 51.0 Å². The van der Waals surface area contributed by atoms with Crippen LogP contribution in [0.3, 0.4) is 0 Å². The number of hydrogen-bond acceptors (Lipinski definition) is 6. The van der Waals surface area contributed by atoms with Crippen molar-refractivity contribution in [3.8, 4) is 5.75 Å². The van der Waals surface area contributed by atoms with Crippen LogP contribution in [-0.2, 0) is 17.2 Å². The number of ether oxygens (including phenoxy) is 1. The summed E-state index contributed by atoms with van der Waals surface area (Å²) in [5, 5.41) is 9.35. The molecule has 4 aromatic rings. The zero-order chi connectivity index (χ0) is 25.9. The van der Waals surface area contributed by atoms with Crippen LogP contribution in [0.25, 0.3) is 0 Å². The molecule has 0 radical (unpaired) electrons. The molecule has 1 atom stereocenters. The summed E-state index contributed by atoms with van der Waals surface area (Å²) in [6, 6.07) is 23.2. The SMILES string of the molecule is CC(=O)C1=C(C)Nc2nc(SCc3ccccc3Cl)nn2C1c1ccc(OCc2ccc(Br)cc2)cc1. The van der Waals surface area contributed by atoms with E-state index >= 15 is 0 Å². The second kappa shape index (κ2) is 11.1. The highest BCUT2D eigenvalue weighted by Crippen LogP contribution is 2.37. The predicted molar refractivity (Wildman–Crippen MR) is 151 cm³/mol. The number of thioether (sulfide) groups is 1. The Morgan fingerprint density at radius 1 is 1.11 bits per heavy atom. The van der Waals surface area contributed by atoms with Gasteiger partial charge in [0.2, 0.25) is 11.1 Å². The second-order valence-electron chi connectivity index (χ2n) is 8.65. The molecule has 0 fully saturated rings. The van der Waals surface area contributed by atoms with E-state index in [1.54, 1.807) is 11.6 Å². The number of anilines is 1. The van der Waals surface area contributed by atoms with Crippen LogP contribution in [0.5, 0.6) is 5.75 Å². The summed E-state index contributed by atoms with van der Waals surface area (Å²) in [5.74, 6) is 1.98. The molecule has 1 N–H and O–H groups in total. The Morgan fingerprint density at radius 3 is 2.54 bits per heavy atom. The van der Waals surface area contributed by atoms with Gasteiger partial charge in [0.1, 0.15) is 18.4 Å². The molecular formula is C28H24BrClN4O2S. The van der Waals surface area contributed by atoms with Gasteiger partial charge in [-0.2, -0.15) is 4.98 Å². The van der Waals surface area contributed by atoms with E-state index in [0.717, 1.165) is 32.6 Å². The Hall–Kier alpha value is -3.07. The molecule has 5 rings (SSSR count). The number of nitrogens with zero attached hydrogens (tertiary/aromatic N) is 3. The summed E-state index contributed by atoms with van der Waals surface area (Å²) in [6.45, 7) is 3.95. The second-order valence-corrected chi connectivity index (χ2v) is 10.9. The Balaban J connectivity index is 1.38. The lowest BCUT2D eigenvalue weighted by atomic mass is 9.93.